The van der Waals surface area contributed by atoms with E-state index in [9.17, 15) is 14.4 Å². The minimum absolute atomic E-state index is 0.0212. The zero-order chi connectivity index (χ0) is 19.4. The zero-order valence-electron chi connectivity index (χ0n) is 14.8. The number of rotatable bonds is 5. The number of carbonyl (C=O) groups excluding carboxylic acids is 3. The third kappa shape index (κ3) is 4.14. The molecule has 0 bridgehead atoms. The molecule has 138 valence electrons. The van der Waals surface area contributed by atoms with Crippen molar-refractivity contribution < 1.29 is 28.3 Å². The number of para-hydroxylation sites is 1. The molecule has 0 fully saturated rings. The number of fused-ring (bicyclic) bond motifs is 1. The number of hydrogen-bond acceptors (Lipinski definition) is 6. The van der Waals surface area contributed by atoms with Gasteiger partial charge in [0.05, 0.1) is 12.7 Å². The highest BCUT2D eigenvalue weighted by atomic mass is 16.5. The predicted octanol–water partition coefficient (Wildman–Crippen LogP) is 3.32. The van der Waals surface area contributed by atoms with Crippen molar-refractivity contribution in [3.63, 3.8) is 0 Å². The minimum Gasteiger partial charge on any atom is -0.465 e. The number of esters is 2. The standard InChI is InChI=1S/C20H17NO6/c1-12-7-8-14(19(23)25-2)9-15(12)21-18(22)11-26-20(24)17-10-13-5-3-4-6-16(13)27-17/h3-10H,11H2,1-2H3,(H,21,22). The molecule has 0 spiro atoms. The van der Waals surface area contributed by atoms with Gasteiger partial charge in [0.25, 0.3) is 5.91 Å². The number of furan rings is 1. The Morgan fingerprint density at radius 3 is 2.56 bits per heavy atom. The third-order valence-electron chi connectivity index (χ3n) is 3.89. The molecular formula is C20H17NO6. The molecule has 1 heterocycles. The van der Waals surface area contributed by atoms with Crippen LogP contribution in [-0.2, 0) is 14.3 Å². The molecule has 1 aromatic heterocycles. The lowest BCUT2D eigenvalue weighted by molar-refractivity contribution is -0.119. The van der Waals surface area contributed by atoms with E-state index in [1.807, 2.05) is 6.07 Å². The van der Waals surface area contributed by atoms with Crippen LogP contribution in [0.25, 0.3) is 11.0 Å². The molecule has 7 heteroatoms. The third-order valence-corrected chi connectivity index (χ3v) is 3.89. The first-order chi connectivity index (χ1) is 13.0. The lowest BCUT2D eigenvalue weighted by Gasteiger charge is -2.10. The maximum atomic E-state index is 12.1. The number of anilines is 1. The minimum atomic E-state index is -0.735. The molecule has 0 unspecified atom stereocenters. The summed E-state index contributed by atoms with van der Waals surface area (Å²) < 4.78 is 15.0. The van der Waals surface area contributed by atoms with Gasteiger partial charge in [-0.25, -0.2) is 9.59 Å². The van der Waals surface area contributed by atoms with E-state index in [0.29, 0.717) is 16.8 Å². The molecule has 27 heavy (non-hydrogen) atoms. The number of ether oxygens (including phenoxy) is 2. The van der Waals surface area contributed by atoms with Crippen LogP contribution in [0.1, 0.15) is 26.5 Å². The van der Waals surface area contributed by atoms with Crippen molar-refractivity contribution in [1.29, 1.82) is 0 Å². The first-order valence-electron chi connectivity index (χ1n) is 8.12. The summed E-state index contributed by atoms with van der Waals surface area (Å²) in [6.45, 7) is 1.29. The van der Waals surface area contributed by atoms with Crippen molar-refractivity contribution in [2.75, 3.05) is 19.0 Å². The Labute approximate surface area is 154 Å². The van der Waals surface area contributed by atoms with Crippen LogP contribution in [0.4, 0.5) is 5.69 Å². The van der Waals surface area contributed by atoms with Gasteiger partial charge in [0.1, 0.15) is 5.58 Å². The second-order valence-electron chi connectivity index (χ2n) is 5.79. The summed E-state index contributed by atoms with van der Waals surface area (Å²) >= 11 is 0. The molecule has 1 N–H and O–H groups in total. The second-order valence-corrected chi connectivity index (χ2v) is 5.79. The fraction of sp³-hybridized carbons (Fsp3) is 0.150. The Bertz CT molecular complexity index is 987. The first-order valence-corrected chi connectivity index (χ1v) is 8.12. The van der Waals surface area contributed by atoms with Crippen molar-refractivity contribution in [2.24, 2.45) is 0 Å². The molecule has 0 aliphatic rings. The smallest absolute Gasteiger partial charge is 0.374 e. The number of carbonyl (C=O) groups is 3. The fourth-order valence-corrected chi connectivity index (χ4v) is 2.47. The van der Waals surface area contributed by atoms with E-state index in [0.717, 1.165) is 10.9 Å². The second kappa shape index (κ2) is 7.74. The lowest BCUT2D eigenvalue weighted by atomic mass is 10.1. The summed E-state index contributed by atoms with van der Waals surface area (Å²) in [4.78, 5) is 35.7. The Morgan fingerprint density at radius 1 is 1.04 bits per heavy atom. The summed E-state index contributed by atoms with van der Waals surface area (Å²) in [5.41, 5.74) is 2.05. The normalized spacial score (nSPS) is 10.4. The largest absolute Gasteiger partial charge is 0.465 e. The highest BCUT2D eigenvalue weighted by molar-refractivity contribution is 5.98. The number of nitrogens with one attached hydrogen (secondary N) is 1. The monoisotopic (exact) mass is 367 g/mol. The number of hydrogen-bond donors (Lipinski definition) is 1. The topological polar surface area (TPSA) is 94.8 Å². The fourth-order valence-electron chi connectivity index (χ4n) is 2.47. The van der Waals surface area contributed by atoms with E-state index in [-0.39, 0.29) is 5.76 Å². The Hall–Kier alpha value is -3.61. The summed E-state index contributed by atoms with van der Waals surface area (Å²) in [6.07, 6.45) is 0. The average molecular weight is 367 g/mol. The average Bonchev–Trinajstić information content (AvgIpc) is 3.11. The first kappa shape index (κ1) is 18.2. The zero-order valence-corrected chi connectivity index (χ0v) is 14.8. The van der Waals surface area contributed by atoms with Gasteiger partial charge in [0.2, 0.25) is 5.76 Å². The van der Waals surface area contributed by atoms with Crippen molar-refractivity contribution in [3.05, 3.63) is 65.4 Å². The van der Waals surface area contributed by atoms with Crippen LogP contribution in [-0.4, -0.2) is 31.6 Å². The van der Waals surface area contributed by atoms with E-state index in [4.69, 9.17) is 9.15 Å². The molecule has 0 aliphatic carbocycles. The lowest BCUT2D eigenvalue weighted by Crippen LogP contribution is -2.21. The van der Waals surface area contributed by atoms with Crippen LogP contribution < -0.4 is 5.32 Å². The highest BCUT2D eigenvalue weighted by Crippen LogP contribution is 2.20. The summed E-state index contributed by atoms with van der Waals surface area (Å²) in [5, 5.41) is 3.38. The van der Waals surface area contributed by atoms with Crippen LogP contribution in [0.2, 0.25) is 0 Å². The molecular weight excluding hydrogens is 350 g/mol. The predicted molar refractivity (Wildman–Crippen MR) is 97.6 cm³/mol. The molecule has 0 atom stereocenters. The molecule has 0 saturated heterocycles. The Kier molecular flexibility index (Phi) is 5.21. The summed E-state index contributed by atoms with van der Waals surface area (Å²) in [5.74, 6) is -1.76. The van der Waals surface area contributed by atoms with Crippen molar-refractivity contribution >= 4 is 34.5 Å². The van der Waals surface area contributed by atoms with Gasteiger partial charge in [0.15, 0.2) is 6.61 Å². The number of amides is 1. The quantitative estimate of drug-likeness (QED) is 0.695. The maximum absolute atomic E-state index is 12.1. The number of aryl methyl sites for hydroxylation is 1. The summed E-state index contributed by atoms with van der Waals surface area (Å²) in [7, 11) is 1.28. The van der Waals surface area contributed by atoms with Crippen molar-refractivity contribution in [3.8, 4) is 0 Å². The van der Waals surface area contributed by atoms with Gasteiger partial charge in [-0.15, -0.1) is 0 Å². The van der Waals surface area contributed by atoms with E-state index in [1.165, 1.54) is 13.2 Å². The van der Waals surface area contributed by atoms with Gasteiger partial charge in [-0.3, -0.25) is 4.79 Å². The molecule has 0 aliphatic heterocycles. The van der Waals surface area contributed by atoms with Crippen LogP contribution in [0.3, 0.4) is 0 Å². The van der Waals surface area contributed by atoms with Crippen molar-refractivity contribution in [2.45, 2.75) is 6.92 Å². The molecule has 3 aromatic rings. The molecule has 1 amide bonds. The molecule has 2 aromatic carbocycles. The van der Waals surface area contributed by atoms with Gasteiger partial charge in [0, 0.05) is 11.1 Å². The van der Waals surface area contributed by atoms with Crippen LogP contribution in [0, 0.1) is 6.92 Å². The molecule has 0 saturated carbocycles. The van der Waals surface area contributed by atoms with Gasteiger partial charge < -0.3 is 19.2 Å². The van der Waals surface area contributed by atoms with Gasteiger partial charge in [-0.05, 0) is 36.8 Å². The van der Waals surface area contributed by atoms with E-state index in [1.54, 1.807) is 43.3 Å². The molecule has 7 nitrogen and oxygen atoms in total. The Morgan fingerprint density at radius 2 is 1.81 bits per heavy atom. The van der Waals surface area contributed by atoms with Crippen LogP contribution >= 0.6 is 0 Å². The van der Waals surface area contributed by atoms with Crippen LogP contribution in [0.15, 0.2) is 52.9 Å². The maximum Gasteiger partial charge on any atom is 0.374 e. The summed E-state index contributed by atoms with van der Waals surface area (Å²) in [6, 6.07) is 13.5. The molecule has 0 radical (unpaired) electrons. The van der Waals surface area contributed by atoms with E-state index < -0.39 is 24.5 Å². The number of benzene rings is 2. The number of methoxy groups -OCH3 is 1. The van der Waals surface area contributed by atoms with Gasteiger partial charge >= 0.3 is 11.9 Å². The highest BCUT2D eigenvalue weighted by Gasteiger charge is 2.16. The van der Waals surface area contributed by atoms with Crippen molar-refractivity contribution in [1.82, 2.24) is 0 Å². The Balaban J connectivity index is 1.62. The SMILES string of the molecule is COC(=O)c1ccc(C)c(NC(=O)COC(=O)c2cc3ccccc3o2)c1. The van der Waals surface area contributed by atoms with Gasteiger partial charge in [-0.1, -0.05) is 24.3 Å². The van der Waals surface area contributed by atoms with E-state index >= 15 is 0 Å². The van der Waals surface area contributed by atoms with Crippen LogP contribution in [0.5, 0.6) is 0 Å². The molecule has 3 rings (SSSR count). The van der Waals surface area contributed by atoms with Gasteiger partial charge in [-0.2, -0.15) is 0 Å². The van der Waals surface area contributed by atoms with E-state index in [2.05, 4.69) is 10.1 Å².